The first-order valence-electron chi connectivity index (χ1n) is 7.35. The molecule has 1 aliphatic rings. The van der Waals surface area contributed by atoms with Gasteiger partial charge in [0.1, 0.15) is 11.4 Å². The zero-order valence-corrected chi connectivity index (χ0v) is 12.6. The van der Waals surface area contributed by atoms with Crippen LogP contribution in [0.25, 0.3) is 0 Å². The maximum Gasteiger partial charge on any atom is 0.407 e. The van der Waals surface area contributed by atoms with E-state index < -0.39 is 11.7 Å². The van der Waals surface area contributed by atoms with Gasteiger partial charge in [-0.1, -0.05) is 19.8 Å². The van der Waals surface area contributed by atoms with Crippen molar-refractivity contribution in [1.29, 1.82) is 0 Å². The van der Waals surface area contributed by atoms with E-state index in [-0.39, 0.29) is 12.0 Å². The van der Waals surface area contributed by atoms with Crippen molar-refractivity contribution in [2.75, 3.05) is 0 Å². The van der Waals surface area contributed by atoms with Gasteiger partial charge in [-0.25, -0.2) is 4.79 Å². The third-order valence-corrected chi connectivity index (χ3v) is 3.48. The number of hydrogen-bond donors (Lipinski definition) is 1. The van der Waals surface area contributed by atoms with Crippen molar-refractivity contribution >= 4 is 11.9 Å². The van der Waals surface area contributed by atoms with Crippen LogP contribution in [0.5, 0.6) is 0 Å². The molecule has 0 bridgehead atoms. The average Bonchev–Trinajstić information content (AvgIpc) is 2.48. The fourth-order valence-corrected chi connectivity index (χ4v) is 2.56. The van der Waals surface area contributed by atoms with Crippen LogP contribution in [-0.4, -0.2) is 23.5 Å². The molecule has 0 saturated heterocycles. The fourth-order valence-electron chi connectivity index (χ4n) is 2.56. The lowest BCUT2D eigenvalue weighted by molar-refractivity contribution is -0.123. The molecule has 1 fully saturated rings. The Morgan fingerprint density at radius 2 is 2.05 bits per heavy atom. The number of rotatable bonds is 3. The first-order chi connectivity index (χ1) is 8.83. The zero-order chi connectivity index (χ0) is 14.5. The van der Waals surface area contributed by atoms with Crippen LogP contribution < -0.4 is 5.32 Å². The maximum absolute atomic E-state index is 12.1. The highest BCUT2D eigenvalue weighted by atomic mass is 16.6. The lowest BCUT2D eigenvalue weighted by Crippen LogP contribution is -2.44. The number of ether oxygens (including phenoxy) is 1. The predicted octanol–water partition coefficient (Wildman–Crippen LogP) is 3.44. The van der Waals surface area contributed by atoms with Gasteiger partial charge < -0.3 is 10.1 Å². The Balaban J connectivity index is 2.61. The number of amides is 1. The molecule has 1 N–H and O–H groups in total. The first kappa shape index (κ1) is 16.0. The Kier molecular flexibility index (Phi) is 5.83. The molecule has 1 saturated carbocycles. The van der Waals surface area contributed by atoms with E-state index in [2.05, 4.69) is 5.32 Å². The number of nitrogens with one attached hydrogen (secondary N) is 1. The number of carbonyl (C=O) groups excluding carboxylic acids is 2. The summed E-state index contributed by atoms with van der Waals surface area (Å²) < 4.78 is 5.27. The van der Waals surface area contributed by atoms with Crippen LogP contribution in [0.15, 0.2) is 0 Å². The van der Waals surface area contributed by atoms with E-state index in [0.29, 0.717) is 12.2 Å². The molecule has 4 heteroatoms. The van der Waals surface area contributed by atoms with Crippen LogP contribution in [0.1, 0.15) is 66.2 Å². The van der Waals surface area contributed by atoms with Crippen LogP contribution in [0.2, 0.25) is 0 Å². The van der Waals surface area contributed by atoms with Crippen molar-refractivity contribution in [2.24, 2.45) is 5.92 Å². The second-order valence-electron chi connectivity index (χ2n) is 6.33. The molecule has 110 valence electrons. The summed E-state index contributed by atoms with van der Waals surface area (Å²) in [6, 6.07) is -0.0968. The molecule has 0 aromatic rings. The number of alkyl carbamates (subject to hydrolysis) is 1. The molecule has 2 unspecified atom stereocenters. The average molecular weight is 269 g/mol. The normalized spacial score (nSPS) is 22.5. The van der Waals surface area contributed by atoms with Crippen molar-refractivity contribution < 1.29 is 14.3 Å². The Bertz CT molecular complexity index is 320. The van der Waals surface area contributed by atoms with Gasteiger partial charge in [0, 0.05) is 18.4 Å². The smallest absolute Gasteiger partial charge is 0.407 e. The molecule has 0 aromatic carbocycles. The SMILES string of the molecule is CCC(NC(=O)OC(C)(C)C)C1CCCCCC1=O. The summed E-state index contributed by atoms with van der Waals surface area (Å²) in [5, 5.41) is 2.87. The Labute approximate surface area is 116 Å². The van der Waals surface area contributed by atoms with Gasteiger partial charge in [-0.05, 0) is 40.0 Å². The highest BCUT2D eigenvalue weighted by Gasteiger charge is 2.30. The summed E-state index contributed by atoms with van der Waals surface area (Å²) in [5.41, 5.74) is -0.504. The predicted molar refractivity (Wildman–Crippen MR) is 75.0 cm³/mol. The largest absolute Gasteiger partial charge is 0.444 e. The summed E-state index contributed by atoms with van der Waals surface area (Å²) in [5.74, 6) is 0.250. The monoisotopic (exact) mass is 269 g/mol. The van der Waals surface area contributed by atoms with E-state index in [9.17, 15) is 9.59 Å². The molecule has 1 aliphatic carbocycles. The Morgan fingerprint density at radius 3 is 2.63 bits per heavy atom. The van der Waals surface area contributed by atoms with Gasteiger partial charge in [0.2, 0.25) is 0 Å². The molecule has 2 atom stereocenters. The number of ketones is 1. The van der Waals surface area contributed by atoms with Gasteiger partial charge in [-0.15, -0.1) is 0 Å². The molecule has 0 radical (unpaired) electrons. The van der Waals surface area contributed by atoms with E-state index in [1.54, 1.807) is 0 Å². The molecule has 19 heavy (non-hydrogen) atoms. The summed E-state index contributed by atoms with van der Waals surface area (Å²) in [4.78, 5) is 23.9. The summed E-state index contributed by atoms with van der Waals surface area (Å²) >= 11 is 0. The van der Waals surface area contributed by atoms with E-state index in [1.165, 1.54) is 0 Å². The minimum absolute atomic E-state index is 0.0416. The van der Waals surface area contributed by atoms with E-state index >= 15 is 0 Å². The van der Waals surface area contributed by atoms with Crippen LogP contribution in [0, 0.1) is 5.92 Å². The van der Waals surface area contributed by atoms with Gasteiger partial charge >= 0.3 is 6.09 Å². The minimum atomic E-state index is -0.504. The van der Waals surface area contributed by atoms with E-state index in [4.69, 9.17) is 4.74 Å². The highest BCUT2D eigenvalue weighted by Crippen LogP contribution is 2.24. The zero-order valence-electron chi connectivity index (χ0n) is 12.6. The summed E-state index contributed by atoms with van der Waals surface area (Å²) in [6.07, 6.45) is 5.04. The molecule has 0 spiro atoms. The molecule has 0 aromatic heterocycles. The first-order valence-corrected chi connectivity index (χ1v) is 7.35. The number of carbonyl (C=O) groups is 2. The van der Waals surface area contributed by atoms with Gasteiger partial charge in [0.05, 0.1) is 0 Å². The van der Waals surface area contributed by atoms with Crippen molar-refractivity contribution in [3.05, 3.63) is 0 Å². The summed E-state index contributed by atoms with van der Waals surface area (Å²) in [7, 11) is 0. The van der Waals surface area contributed by atoms with Crippen LogP contribution >= 0.6 is 0 Å². The third-order valence-electron chi connectivity index (χ3n) is 3.48. The second kappa shape index (κ2) is 6.92. The lowest BCUT2D eigenvalue weighted by atomic mass is 9.89. The van der Waals surface area contributed by atoms with Crippen molar-refractivity contribution in [1.82, 2.24) is 5.32 Å². The maximum atomic E-state index is 12.1. The summed E-state index contributed by atoms with van der Waals surface area (Å²) in [6.45, 7) is 7.51. The standard InChI is InChI=1S/C15H27NO3/c1-5-12(16-14(18)19-15(2,3)4)11-9-7-6-8-10-13(11)17/h11-12H,5-10H2,1-4H3,(H,16,18). The molecular formula is C15H27NO3. The second-order valence-corrected chi connectivity index (χ2v) is 6.33. The fraction of sp³-hybridized carbons (Fsp3) is 0.867. The van der Waals surface area contributed by atoms with Gasteiger partial charge in [-0.2, -0.15) is 0 Å². The van der Waals surface area contributed by atoms with Crippen molar-refractivity contribution in [2.45, 2.75) is 77.9 Å². The Hall–Kier alpha value is -1.06. The van der Waals surface area contributed by atoms with Crippen molar-refractivity contribution in [3.63, 3.8) is 0 Å². The van der Waals surface area contributed by atoms with Gasteiger partial charge in [-0.3, -0.25) is 4.79 Å². The van der Waals surface area contributed by atoms with Crippen LogP contribution in [0.4, 0.5) is 4.79 Å². The molecular weight excluding hydrogens is 242 g/mol. The quantitative estimate of drug-likeness (QED) is 0.798. The number of Topliss-reactive ketones (excluding diaryl/α,β-unsaturated/α-hetero) is 1. The van der Waals surface area contributed by atoms with E-state index in [1.807, 2.05) is 27.7 Å². The van der Waals surface area contributed by atoms with Gasteiger partial charge in [0.15, 0.2) is 0 Å². The minimum Gasteiger partial charge on any atom is -0.444 e. The van der Waals surface area contributed by atoms with E-state index in [0.717, 1.165) is 32.1 Å². The highest BCUT2D eigenvalue weighted by molar-refractivity contribution is 5.82. The topological polar surface area (TPSA) is 55.4 Å². The van der Waals surface area contributed by atoms with Crippen LogP contribution in [0.3, 0.4) is 0 Å². The molecule has 0 heterocycles. The van der Waals surface area contributed by atoms with Crippen LogP contribution in [-0.2, 0) is 9.53 Å². The van der Waals surface area contributed by atoms with Gasteiger partial charge in [0.25, 0.3) is 0 Å². The Morgan fingerprint density at radius 1 is 1.37 bits per heavy atom. The molecule has 0 aliphatic heterocycles. The van der Waals surface area contributed by atoms with Crippen molar-refractivity contribution in [3.8, 4) is 0 Å². The number of hydrogen-bond acceptors (Lipinski definition) is 3. The molecule has 1 rings (SSSR count). The molecule has 1 amide bonds. The molecule has 4 nitrogen and oxygen atoms in total. The third kappa shape index (κ3) is 5.62. The lowest BCUT2D eigenvalue weighted by Gasteiger charge is -2.27.